The van der Waals surface area contributed by atoms with Crippen molar-refractivity contribution in [3.63, 3.8) is 0 Å². The molecule has 5 aliphatic rings. The van der Waals surface area contributed by atoms with Gasteiger partial charge in [-0.25, -0.2) is 0 Å². The minimum absolute atomic E-state index is 0.232. The van der Waals surface area contributed by atoms with Crippen molar-refractivity contribution in [1.82, 2.24) is 9.80 Å². The molecular weight excluding hydrogens is 384 g/mol. The van der Waals surface area contributed by atoms with Crippen LogP contribution >= 0.6 is 0 Å². The van der Waals surface area contributed by atoms with Gasteiger partial charge in [0.25, 0.3) is 0 Å². The van der Waals surface area contributed by atoms with Crippen molar-refractivity contribution < 1.29 is 9.59 Å². The van der Waals surface area contributed by atoms with Gasteiger partial charge in [-0.2, -0.15) is 0 Å². The van der Waals surface area contributed by atoms with Gasteiger partial charge in [0, 0.05) is 39.0 Å². The van der Waals surface area contributed by atoms with E-state index in [1.54, 1.807) is 0 Å². The molecule has 4 nitrogen and oxygen atoms in total. The highest BCUT2D eigenvalue weighted by atomic mass is 16.2. The summed E-state index contributed by atoms with van der Waals surface area (Å²) < 4.78 is 0. The maximum atomic E-state index is 13.3. The summed E-state index contributed by atoms with van der Waals surface area (Å²) in [4.78, 5) is 30.1. The molecule has 6 rings (SSSR count). The van der Waals surface area contributed by atoms with Crippen molar-refractivity contribution in [2.24, 2.45) is 23.2 Å². The third-order valence-electron chi connectivity index (χ3n) is 8.64. The monoisotopic (exact) mass is 422 g/mol. The quantitative estimate of drug-likeness (QED) is 0.696. The summed E-state index contributed by atoms with van der Waals surface area (Å²) in [5.74, 6) is 3.27. The van der Waals surface area contributed by atoms with Crippen LogP contribution in [0.2, 0.25) is 0 Å². The van der Waals surface area contributed by atoms with Crippen molar-refractivity contribution in [2.45, 2.75) is 71.1 Å². The molecule has 0 aromatic heterocycles. The van der Waals surface area contributed by atoms with Gasteiger partial charge in [0.2, 0.25) is 11.8 Å². The maximum Gasteiger partial charge on any atom is 0.223 e. The van der Waals surface area contributed by atoms with Crippen LogP contribution in [-0.2, 0) is 16.0 Å². The normalized spacial score (nSPS) is 32.2. The van der Waals surface area contributed by atoms with Gasteiger partial charge in [0.05, 0.1) is 0 Å². The van der Waals surface area contributed by atoms with Gasteiger partial charge in [-0.1, -0.05) is 29.8 Å². The highest BCUT2D eigenvalue weighted by Crippen LogP contribution is 2.61. The summed E-state index contributed by atoms with van der Waals surface area (Å²) >= 11 is 0. The number of aryl methyl sites for hydroxylation is 2. The summed E-state index contributed by atoms with van der Waals surface area (Å²) in [5, 5.41) is 0. The van der Waals surface area contributed by atoms with Crippen LogP contribution in [0, 0.1) is 30.1 Å². The molecule has 2 amide bonds. The molecule has 4 bridgehead atoms. The van der Waals surface area contributed by atoms with E-state index in [-0.39, 0.29) is 5.91 Å². The molecule has 0 atom stereocenters. The highest BCUT2D eigenvalue weighted by Gasteiger charge is 2.51. The highest BCUT2D eigenvalue weighted by molar-refractivity contribution is 5.78. The first-order valence-corrected chi connectivity index (χ1v) is 12.6. The Bertz CT molecular complexity index is 780. The second kappa shape index (κ2) is 8.60. The van der Waals surface area contributed by atoms with Gasteiger partial charge in [-0.05, 0) is 87.0 Å². The van der Waals surface area contributed by atoms with Crippen molar-refractivity contribution in [3.8, 4) is 0 Å². The molecule has 1 aliphatic heterocycles. The molecule has 5 fully saturated rings. The van der Waals surface area contributed by atoms with Crippen molar-refractivity contribution in [3.05, 3.63) is 35.4 Å². The molecule has 4 heteroatoms. The van der Waals surface area contributed by atoms with Crippen LogP contribution in [0.5, 0.6) is 0 Å². The van der Waals surface area contributed by atoms with Crippen molar-refractivity contribution >= 4 is 11.8 Å². The molecular formula is C27H38N2O2. The lowest BCUT2D eigenvalue weighted by Gasteiger charge is -2.57. The maximum absolute atomic E-state index is 13.3. The number of benzene rings is 1. The molecule has 4 saturated carbocycles. The van der Waals surface area contributed by atoms with E-state index in [1.165, 1.54) is 49.7 Å². The zero-order valence-corrected chi connectivity index (χ0v) is 19.2. The van der Waals surface area contributed by atoms with Gasteiger partial charge in [-0.15, -0.1) is 0 Å². The Kier molecular flexibility index (Phi) is 5.83. The fraction of sp³-hybridized carbons (Fsp3) is 0.704. The number of amides is 2. The SMILES string of the molecule is Cc1ccc(CCC(=O)N2CCCN(C(=O)CC34CC5CC(CC(C5)C3)C4)CC2)cc1. The first-order chi connectivity index (χ1) is 15.0. The number of nitrogens with zero attached hydrogens (tertiary/aromatic N) is 2. The Morgan fingerprint density at radius 3 is 1.97 bits per heavy atom. The standard InChI is InChI=1S/C27H38N2O2/c1-20-3-5-21(6-4-20)7-8-25(30)28-9-2-10-29(12-11-28)26(31)19-27-16-22-13-23(17-27)15-24(14-22)18-27/h3-6,22-24H,2,7-19H2,1H3. The molecule has 1 saturated heterocycles. The summed E-state index contributed by atoms with van der Waals surface area (Å²) in [5.41, 5.74) is 2.78. The second-order valence-corrected chi connectivity index (χ2v) is 11.2. The number of carbonyl (C=O) groups is 2. The number of rotatable bonds is 5. The van der Waals surface area contributed by atoms with Crippen LogP contribution in [0.25, 0.3) is 0 Å². The van der Waals surface area contributed by atoms with E-state index in [4.69, 9.17) is 0 Å². The van der Waals surface area contributed by atoms with Crippen molar-refractivity contribution in [1.29, 1.82) is 0 Å². The molecule has 168 valence electrons. The van der Waals surface area contributed by atoms with E-state index < -0.39 is 0 Å². The topological polar surface area (TPSA) is 40.6 Å². The zero-order chi connectivity index (χ0) is 21.4. The van der Waals surface area contributed by atoms with Crippen LogP contribution in [0.3, 0.4) is 0 Å². The lowest BCUT2D eigenvalue weighted by atomic mass is 9.49. The second-order valence-electron chi connectivity index (χ2n) is 11.2. The zero-order valence-electron chi connectivity index (χ0n) is 19.2. The fourth-order valence-electron chi connectivity index (χ4n) is 7.52. The van der Waals surface area contributed by atoms with E-state index in [0.29, 0.717) is 30.8 Å². The Balaban J connectivity index is 1.12. The third-order valence-corrected chi connectivity index (χ3v) is 8.64. The Morgan fingerprint density at radius 2 is 1.39 bits per heavy atom. The van der Waals surface area contributed by atoms with Crippen molar-refractivity contribution in [2.75, 3.05) is 26.2 Å². The van der Waals surface area contributed by atoms with Crippen LogP contribution in [-0.4, -0.2) is 47.8 Å². The van der Waals surface area contributed by atoms with Crippen LogP contribution in [0.4, 0.5) is 0 Å². The fourth-order valence-corrected chi connectivity index (χ4v) is 7.52. The number of hydrogen-bond acceptors (Lipinski definition) is 2. The molecule has 4 aliphatic carbocycles. The van der Waals surface area contributed by atoms with E-state index in [2.05, 4.69) is 36.1 Å². The van der Waals surface area contributed by atoms with E-state index in [9.17, 15) is 9.59 Å². The Morgan fingerprint density at radius 1 is 0.839 bits per heavy atom. The first-order valence-electron chi connectivity index (χ1n) is 12.6. The lowest BCUT2D eigenvalue weighted by molar-refractivity contribution is -0.140. The lowest BCUT2D eigenvalue weighted by Crippen LogP contribution is -2.48. The van der Waals surface area contributed by atoms with Crippen LogP contribution < -0.4 is 0 Å². The van der Waals surface area contributed by atoms with Gasteiger partial charge in [-0.3, -0.25) is 9.59 Å². The molecule has 1 heterocycles. The van der Waals surface area contributed by atoms with Gasteiger partial charge in [0.1, 0.15) is 0 Å². The average molecular weight is 423 g/mol. The van der Waals surface area contributed by atoms with Gasteiger partial charge >= 0.3 is 0 Å². The molecule has 0 unspecified atom stereocenters. The van der Waals surface area contributed by atoms with Crippen LogP contribution in [0.1, 0.15) is 68.9 Å². The average Bonchev–Trinajstić information content (AvgIpc) is 2.98. The van der Waals surface area contributed by atoms with E-state index in [1.807, 2.05) is 4.90 Å². The van der Waals surface area contributed by atoms with Crippen LogP contribution in [0.15, 0.2) is 24.3 Å². The summed E-state index contributed by atoms with van der Waals surface area (Å²) in [6.45, 7) is 5.09. The Labute approximate surface area is 187 Å². The number of hydrogen-bond donors (Lipinski definition) is 0. The largest absolute Gasteiger partial charge is 0.341 e. The van der Waals surface area contributed by atoms with Gasteiger partial charge < -0.3 is 9.80 Å². The van der Waals surface area contributed by atoms with Gasteiger partial charge in [0.15, 0.2) is 0 Å². The molecule has 0 spiro atoms. The summed E-state index contributed by atoms with van der Waals surface area (Å²) in [6.07, 6.45) is 11.2. The molecule has 31 heavy (non-hydrogen) atoms. The molecule has 0 radical (unpaired) electrons. The summed E-state index contributed by atoms with van der Waals surface area (Å²) in [7, 11) is 0. The predicted octanol–water partition coefficient (Wildman–Crippen LogP) is 4.60. The van der Waals surface area contributed by atoms with E-state index >= 15 is 0 Å². The molecule has 1 aromatic carbocycles. The Hall–Kier alpha value is -1.84. The predicted molar refractivity (Wildman–Crippen MR) is 122 cm³/mol. The molecule has 0 N–H and O–H groups in total. The number of carbonyl (C=O) groups excluding carboxylic acids is 2. The summed E-state index contributed by atoms with van der Waals surface area (Å²) in [6, 6.07) is 8.46. The van der Waals surface area contributed by atoms with E-state index in [0.717, 1.165) is 50.1 Å². The third kappa shape index (κ3) is 4.68. The smallest absolute Gasteiger partial charge is 0.223 e. The minimum atomic E-state index is 0.232. The minimum Gasteiger partial charge on any atom is -0.341 e. The molecule has 1 aromatic rings. The first kappa shape index (κ1) is 21.0.